The fourth-order valence-electron chi connectivity index (χ4n) is 11.0. The molecule has 0 saturated carbocycles. The summed E-state index contributed by atoms with van der Waals surface area (Å²) in [7, 11) is 0. The lowest BCUT2D eigenvalue weighted by Gasteiger charge is -2.44. The summed E-state index contributed by atoms with van der Waals surface area (Å²) in [5, 5.41) is 0. The Morgan fingerprint density at radius 3 is 1.80 bits per heavy atom. The topological polar surface area (TPSA) is 6.48 Å². The first-order valence-electron chi connectivity index (χ1n) is 21.4. The molecule has 0 amide bonds. The molecule has 1 aliphatic heterocycles. The van der Waals surface area contributed by atoms with Gasteiger partial charge in [-0.05, 0) is 134 Å². The minimum Gasteiger partial charge on any atom is -0.310 e. The first-order chi connectivity index (χ1) is 29.9. The molecule has 1 heterocycles. The molecule has 0 N–H and O–H groups in total. The second-order valence-electron chi connectivity index (χ2n) is 17.3. The molecule has 2 heteroatoms. The molecular weight excluding hydrogens is 737 g/mol. The molecule has 3 aliphatic rings. The van der Waals surface area contributed by atoms with Gasteiger partial charge in [0.2, 0.25) is 0 Å². The predicted octanol–water partition coefficient (Wildman–Crippen LogP) is 15.6. The van der Waals surface area contributed by atoms with Crippen LogP contribution in [0.2, 0.25) is 0 Å². The Balaban J connectivity index is 1.01. The van der Waals surface area contributed by atoms with Gasteiger partial charge in [0.15, 0.2) is 0 Å². The zero-order valence-electron chi connectivity index (χ0n) is 34.6. The van der Waals surface area contributed by atoms with Gasteiger partial charge in [0.25, 0.3) is 0 Å². The van der Waals surface area contributed by atoms with Crippen molar-refractivity contribution in [1.82, 2.24) is 0 Å². The Hall–Kier alpha value is -7.42. The molecule has 0 bridgehead atoms. The zero-order chi connectivity index (χ0) is 40.9. The largest absolute Gasteiger partial charge is 0.310 e. The van der Waals surface area contributed by atoms with Gasteiger partial charge in [0, 0.05) is 33.7 Å². The summed E-state index contributed by atoms with van der Waals surface area (Å²) >= 11 is 0. The van der Waals surface area contributed by atoms with E-state index in [-0.39, 0.29) is 5.41 Å². The molecule has 0 spiro atoms. The van der Waals surface area contributed by atoms with Crippen molar-refractivity contribution in [3.05, 3.63) is 251 Å². The average Bonchev–Trinajstić information content (AvgIpc) is 3.74. The minimum atomic E-state index is -0.497. The van der Waals surface area contributed by atoms with Crippen molar-refractivity contribution in [3.63, 3.8) is 0 Å². The number of hydrogen-bond acceptors (Lipinski definition) is 2. The third kappa shape index (κ3) is 5.03. The fourth-order valence-corrected chi connectivity index (χ4v) is 11.0. The third-order valence-electron chi connectivity index (χ3n) is 13.8. The number of aryl methyl sites for hydroxylation is 1. The predicted molar refractivity (Wildman–Crippen MR) is 254 cm³/mol. The van der Waals surface area contributed by atoms with Crippen molar-refractivity contribution < 1.29 is 0 Å². The van der Waals surface area contributed by atoms with Crippen molar-refractivity contribution in [2.24, 2.45) is 0 Å². The molecule has 2 nitrogen and oxygen atoms in total. The van der Waals surface area contributed by atoms with E-state index in [4.69, 9.17) is 0 Å². The summed E-state index contributed by atoms with van der Waals surface area (Å²) in [6, 6.07) is 79.0. The third-order valence-corrected chi connectivity index (χ3v) is 13.8. The van der Waals surface area contributed by atoms with Gasteiger partial charge in [-0.1, -0.05) is 166 Å². The van der Waals surface area contributed by atoms with Crippen LogP contribution in [0.4, 0.5) is 34.1 Å². The highest BCUT2D eigenvalue weighted by Gasteiger charge is 2.52. The van der Waals surface area contributed by atoms with Crippen LogP contribution in [-0.4, -0.2) is 0 Å². The van der Waals surface area contributed by atoms with Crippen molar-refractivity contribution in [2.45, 2.75) is 31.6 Å². The van der Waals surface area contributed by atoms with Gasteiger partial charge < -0.3 is 9.80 Å². The van der Waals surface area contributed by atoms with E-state index in [1.54, 1.807) is 0 Å². The van der Waals surface area contributed by atoms with Crippen molar-refractivity contribution in [1.29, 1.82) is 0 Å². The van der Waals surface area contributed by atoms with Gasteiger partial charge in [0.1, 0.15) is 0 Å². The second kappa shape index (κ2) is 13.3. The van der Waals surface area contributed by atoms with Crippen LogP contribution in [0.25, 0.3) is 33.4 Å². The zero-order valence-corrected chi connectivity index (χ0v) is 34.6. The maximum atomic E-state index is 2.48. The minimum absolute atomic E-state index is 0.0903. The number of para-hydroxylation sites is 3. The van der Waals surface area contributed by atoms with E-state index >= 15 is 0 Å². The first-order valence-corrected chi connectivity index (χ1v) is 21.4. The molecule has 12 rings (SSSR count). The second-order valence-corrected chi connectivity index (χ2v) is 17.3. The molecule has 9 aromatic rings. The van der Waals surface area contributed by atoms with E-state index in [1.807, 2.05) is 0 Å². The van der Waals surface area contributed by atoms with Crippen molar-refractivity contribution in [2.75, 3.05) is 9.80 Å². The van der Waals surface area contributed by atoms with Gasteiger partial charge in [-0.3, -0.25) is 0 Å². The molecule has 61 heavy (non-hydrogen) atoms. The lowest BCUT2D eigenvalue weighted by atomic mass is 9.64. The van der Waals surface area contributed by atoms with E-state index < -0.39 is 5.41 Å². The summed E-state index contributed by atoms with van der Waals surface area (Å²) < 4.78 is 0. The Bertz CT molecular complexity index is 3180. The molecule has 1 unspecified atom stereocenters. The highest BCUT2D eigenvalue weighted by molar-refractivity contribution is 6.00. The van der Waals surface area contributed by atoms with E-state index in [0.29, 0.717) is 0 Å². The summed E-state index contributed by atoms with van der Waals surface area (Å²) in [5.74, 6) is 0. The number of rotatable bonds is 6. The van der Waals surface area contributed by atoms with E-state index in [1.165, 1.54) is 89.4 Å². The summed E-state index contributed by atoms with van der Waals surface area (Å²) in [5.41, 5.74) is 23.4. The Labute approximate surface area is 358 Å². The van der Waals surface area contributed by atoms with Crippen LogP contribution >= 0.6 is 0 Å². The highest BCUT2D eigenvalue weighted by atomic mass is 15.2. The summed E-state index contributed by atoms with van der Waals surface area (Å²) in [4.78, 5) is 4.89. The molecule has 0 aromatic heterocycles. The molecule has 1 atom stereocenters. The van der Waals surface area contributed by atoms with Gasteiger partial charge in [-0.15, -0.1) is 0 Å². The number of anilines is 6. The quantitative estimate of drug-likeness (QED) is 0.166. The van der Waals surface area contributed by atoms with Crippen LogP contribution < -0.4 is 9.80 Å². The number of benzene rings is 9. The van der Waals surface area contributed by atoms with Gasteiger partial charge >= 0.3 is 0 Å². The Morgan fingerprint density at radius 1 is 0.410 bits per heavy atom. The normalized spacial score (nSPS) is 16.0. The number of nitrogens with zero attached hydrogens (tertiary/aromatic N) is 2. The first kappa shape index (κ1) is 35.5. The molecule has 290 valence electrons. The Kier molecular flexibility index (Phi) is 7.74. The van der Waals surface area contributed by atoms with Gasteiger partial charge in [-0.2, -0.15) is 0 Å². The average molecular weight is 781 g/mol. The van der Waals surface area contributed by atoms with Crippen molar-refractivity contribution >= 4 is 34.1 Å². The van der Waals surface area contributed by atoms with Gasteiger partial charge in [0.05, 0.1) is 16.8 Å². The smallest absolute Gasteiger partial charge is 0.0754 e. The van der Waals surface area contributed by atoms with Crippen LogP contribution in [-0.2, 0) is 10.8 Å². The summed E-state index contributed by atoms with van der Waals surface area (Å²) in [6.07, 6.45) is 0. The lowest BCUT2D eigenvalue weighted by molar-refractivity contribution is 0.660. The summed E-state index contributed by atoms with van der Waals surface area (Å²) in [6.45, 7) is 6.93. The van der Waals surface area contributed by atoms with E-state index in [0.717, 1.165) is 17.1 Å². The fraction of sp³-hybridized carbons (Fsp3) is 0.0847. The lowest BCUT2D eigenvalue weighted by Crippen LogP contribution is -2.35. The standard InChI is InChI=1S/C59H44N2/c1-39-17-10-14-26-54(39)60(45-34-36-47-46-22-11-12-24-50(46)58(2,3)52(47)38-45)44-32-29-40(30-33-44)41-31-35-48-49-23-16-28-56-57(49)59(53(48)37-41,42-18-6-4-7-19-42)51-25-13-15-27-55(51)61(56)43-20-8-5-9-21-43/h4-38H,1-3H3. The SMILES string of the molecule is Cc1ccccc1N(c1ccc(-c2ccc3c(c2)C2(c4ccccc4)c4ccccc4N(c4ccccc4)c4cccc-3c42)cc1)c1ccc2c(c1)C(C)(C)c1ccccc1-2. The number of hydrogen-bond donors (Lipinski definition) is 0. The Morgan fingerprint density at radius 2 is 1.00 bits per heavy atom. The van der Waals surface area contributed by atoms with Gasteiger partial charge in [-0.25, -0.2) is 0 Å². The maximum absolute atomic E-state index is 2.48. The van der Waals surface area contributed by atoms with Crippen LogP contribution in [0.3, 0.4) is 0 Å². The van der Waals surface area contributed by atoms with Crippen LogP contribution in [0, 0.1) is 6.92 Å². The van der Waals surface area contributed by atoms with Crippen molar-refractivity contribution in [3.8, 4) is 33.4 Å². The molecule has 2 aliphatic carbocycles. The molecule has 0 radical (unpaired) electrons. The maximum Gasteiger partial charge on any atom is 0.0754 e. The van der Waals surface area contributed by atoms with E-state index in [2.05, 4.69) is 243 Å². The molecule has 0 fully saturated rings. The van der Waals surface area contributed by atoms with Crippen LogP contribution in [0.15, 0.2) is 212 Å². The molecular formula is C59H44N2. The van der Waals surface area contributed by atoms with E-state index in [9.17, 15) is 0 Å². The molecule has 0 saturated heterocycles. The monoisotopic (exact) mass is 780 g/mol. The molecule has 9 aromatic carbocycles. The van der Waals surface area contributed by atoms with Crippen LogP contribution in [0.1, 0.15) is 52.8 Å². The highest BCUT2D eigenvalue weighted by Crippen LogP contribution is 2.65. The van der Waals surface area contributed by atoms with Crippen LogP contribution in [0.5, 0.6) is 0 Å². The number of fused-ring (bicyclic) bond motifs is 8.